The van der Waals surface area contributed by atoms with Crippen LogP contribution in [-0.4, -0.2) is 30.5 Å². The molecule has 3 rings (SSSR count). The number of fused-ring (bicyclic) bond motifs is 1. The van der Waals surface area contributed by atoms with Crippen LogP contribution in [0, 0.1) is 6.92 Å². The molecule has 7 nitrogen and oxygen atoms in total. The summed E-state index contributed by atoms with van der Waals surface area (Å²) in [7, 11) is 1.75. The molecule has 20 heavy (non-hydrogen) atoms. The van der Waals surface area contributed by atoms with Gasteiger partial charge in [0.1, 0.15) is 23.4 Å². The van der Waals surface area contributed by atoms with E-state index in [1.54, 1.807) is 24.0 Å². The maximum Gasteiger partial charge on any atom is 0.244 e. The fourth-order valence-corrected chi connectivity index (χ4v) is 2.06. The van der Waals surface area contributed by atoms with Gasteiger partial charge in [-0.1, -0.05) is 6.07 Å². The number of aryl methyl sites for hydroxylation is 2. The van der Waals surface area contributed by atoms with Crippen molar-refractivity contribution in [2.24, 2.45) is 7.05 Å². The van der Waals surface area contributed by atoms with Crippen LogP contribution in [0.15, 0.2) is 30.6 Å². The van der Waals surface area contributed by atoms with Crippen molar-refractivity contribution in [1.82, 2.24) is 24.5 Å². The van der Waals surface area contributed by atoms with Gasteiger partial charge in [-0.05, 0) is 19.1 Å². The lowest BCUT2D eigenvalue weighted by atomic mass is 10.2. The largest absolute Gasteiger partial charge is 0.326 e. The van der Waals surface area contributed by atoms with Gasteiger partial charge >= 0.3 is 0 Å². The molecule has 0 spiro atoms. The summed E-state index contributed by atoms with van der Waals surface area (Å²) >= 11 is 0. The molecule has 0 aliphatic rings. The molecule has 2 aromatic heterocycles. The summed E-state index contributed by atoms with van der Waals surface area (Å²) in [5.74, 6) is 0.683. The molecule has 1 amide bonds. The molecular formula is C13H14N6O. The summed E-state index contributed by atoms with van der Waals surface area (Å²) in [6.07, 6.45) is 3.45. The molecular weight excluding hydrogens is 256 g/mol. The zero-order valence-corrected chi connectivity index (χ0v) is 11.2. The highest BCUT2D eigenvalue weighted by molar-refractivity contribution is 5.99. The summed E-state index contributed by atoms with van der Waals surface area (Å²) in [6.45, 7) is 2.08. The van der Waals surface area contributed by atoms with Gasteiger partial charge < -0.3 is 9.88 Å². The number of aromatic nitrogens is 5. The van der Waals surface area contributed by atoms with E-state index in [1.165, 1.54) is 4.80 Å². The molecule has 0 saturated carbocycles. The average molecular weight is 270 g/mol. The topological polar surface area (TPSA) is 77.6 Å². The Labute approximate surface area is 115 Å². The van der Waals surface area contributed by atoms with Crippen molar-refractivity contribution in [1.29, 1.82) is 0 Å². The number of anilines is 1. The van der Waals surface area contributed by atoms with Crippen LogP contribution in [0.25, 0.3) is 11.0 Å². The maximum atomic E-state index is 12.1. The van der Waals surface area contributed by atoms with E-state index in [1.807, 2.05) is 25.1 Å². The second-order valence-corrected chi connectivity index (χ2v) is 4.51. The van der Waals surface area contributed by atoms with Crippen molar-refractivity contribution < 1.29 is 4.79 Å². The lowest BCUT2D eigenvalue weighted by Gasteiger charge is -2.07. The van der Waals surface area contributed by atoms with Crippen LogP contribution in [0.2, 0.25) is 0 Å². The minimum atomic E-state index is -0.121. The fourth-order valence-electron chi connectivity index (χ4n) is 2.06. The van der Waals surface area contributed by atoms with Gasteiger partial charge in [-0.3, -0.25) is 4.79 Å². The minimum Gasteiger partial charge on any atom is -0.326 e. The molecule has 102 valence electrons. The lowest BCUT2D eigenvalue weighted by molar-refractivity contribution is -0.116. The number of rotatable bonds is 3. The molecule has 1 aromatic carbocycles. The van der Waals surface area contributed by atoms with Crippen LogP contribution in [0.3, 0.4) is 0 Å². The predicted octanol–water partition coefficient (Wildman–Crippen LogP) is 1.11. The number of hydrogen-bond acceptors (Lipinski definition) is 4. The minimum absolute atomic E-state index is 0.121. The molecule has 0 atom stereocenters. The smallest absolute Gasteiger partial charge is 0.244 e. The number of carbonyl (C=O) groups is 1. The van der Waals surface area contributed by atoms with E-state index in [4.69, 9.17) is 0 Å². The van der Waals surface area contributed by atoms with Gasteiger partial charge in [0.15, 0.2) is 0 Å². The molecule has 0 fully saturated rings. The first-order chi connectivity index (χ1) is 9.63. The first-order valence-electron chi connectivity index (χ1n) is 6.21. The van der Waals surface area contributed by atoms with E-state index >= 15 is 0 Å². The standard InChI is InChI=1S/C13H14N6O/c1-9-14-6-7-19(9)8-12(20)15-10-4-3-5-11-13(10)17-18(2)16-11/h3-7H,8H2,1-2H3,(H,15,20). The number of amides is 1. The average Bonchev–Trinajstić information content (AvgIpc) is 2.96. The van der Waals surface area contributed by atoms with E-state index in [0.717, 1.165) is 11.3 Å². The second-order valence-electron chi connectivity index (χ2n) is 4.51. The number of carbonyl (C=O) groups excluding carboxylic acids is 1. The van der Waals surface area contributed by atoms with Crippen LogP contribution >= 0.6 is 0 Å². The lowest BCUT2D eigenvalue weighted by Crippen LogP contribution is -2.19. The van der Waals surface area contributed by atoms with Gasteiger partial charge in [-0.15, -0.1) is 0 Å². The van der Waals surface area contributed by atoms with Crippen LogP contribution in [-0.2, 0) is 18.4 Å². The van der Waals surface area contributed by atoms with Gasteiger partial charge in [-0.25, -0.2) is 4.98 Å². The summed E-state index contributed by atoms with van der Waals surface area (Å²) in [5.41, 5.74) is 2.10. The van der Waals surface area contributed by atoms with Crippen molar-refractivity contribution in [3.8, 4) is 0 Å². The van der Waals surface area contributed by atoms with E-state index in [0.29, 0.717) is 11.2 Å². The highest BCUT2D eigenvalue weighted by Crippen LogP contribution is 2.19. The van der Waals surface area contributed by atoms with E-state index in [2.05, 4.69) is 20.5 Å². The van der Waals surface area contributed by atoms with E-state index in [9.17, 15) is 4.79 Å². The molecule has 0 radical (unpaired) electrons. The van der Waals surface area contributed by atoms with Crippen LogP contribution < -0.4 is 5.32 Å². The molecule has 2 heterocycles. The van der Waals surface area contributed by atoms with Gasteiger partial charge in [0.2, 0.25) is 5.91 Å². The fraction of sp³-hybridized carbons (Fsp3) is 0.231. The first kappa shape index (κ1) is 12.3. The number of hydrogen-bond donors (Lipinski definition) is 1. The normalized spacial score (nSPS) is 10.9. The number of imidazole rings is 1. The molecule has 3 aromatic rings. The Balaban J connectivity index is 1.82. The highest BCUT2D eigenvalue weighted by atomic mass is 16.1. The van der Waals surface area contributed by atoms with Crippen molar-refractivity contribution >= 4 is 22.6 Å². The number of nitrogens with one attached hydrogen (secondary N) is 1. The van der Waals surface area contributed by atoms with Crippen molar-refractivity contribution in [2.45, 2.75) is 13.5 Å². The summed E-state index contributed by atoms with van der Waals surface area (Å²) in [4.78, 5) is 17.6. The Morgan fingerprint density at radius 3 is 2.95 bits per heavy atom. The van der Waals surface area contributed by atoms with Gasteiger partial charge in [0.25, 0.3) is 0 Å². The molecule has 1 N–H and O–H groups in total. The number of nitrogens with zero attached hydrogens (tertiary/aromatic N) is 5. The summed E-state index contributed by atoms with van der Waals surface area (Å²) < 4.78 is 1.78. The maximum absolute atomic E-state index is 12.1. The molecule has 0 saturated heterocycles. The molecule has 7 heteroatoms. The zero-order chi connectivity index (χ0) is 14.1. The molecule has 0 unspecified atom stereocenters. The van der Waals surface area contributed by atoms with Crippen molar-refractivity contribution in [2.75, 3.05) is 5.32 Å². The van der Waals surface area contributed by atoms with Gasteiger partial charge in [0.05, 0.1) is 5.69 Å². The van der Waals surface area contributed by atoms with Crippen molar-refractivity contribution in [3.05, 3.63) is 36.4 Å². The van der Waals surface area contributed by atoms with E-state index in [-0.39, 0.29) is 12.5 Å². The van der Waals surface area contributed by atoms with Crippen LogP contribution in [0.1, 0.15) is 5.82 Å². The van der Waals surface area contributed by atoms with Crippen molar-refractivity contribution in [3.63, 3.8) is 0 Å². The summed E-state index contributed by atoms with van der Waals surface area (Å²) in [5, 5.41) is 11.3. The third-order valence-corrected chi connectivity index (χ3v) is 3.02. The zero-order valence-electron chi connectivity index (χ0n) is 11.2. The quantitative estimate of drug-likeness (QED) is 0.773. The third kappa shape index (κ3) is 2.25. The monoisotopic (exact) mass is 270 g/mol. The van der Waals surface area contributed by atoms with E-state index < -0.39 is 0 Å². The predicted molar refractivity (Wildman–Crippen MR) is 74.1 cm³/mol. The Kier molecular flexibility index (Phi) is 2.94. The number of benzene rings is 1. The Bertz CT molecular complexity index is 772. The van der Waals surface area contributed by atoms with Crippen LogP contribution in [0.5, 0.6) is 0 Å². The summed E-state index contributed by atoms with van der Waals surface area (Å²) in [6, 6.07) is 5.52. The molecule has 0 bridgehead atoms. The Hall–Kier alpha value is -2.70. The molecule has 0 aliphatic carbocycles. The first-order valence-corrected chi connectivity index (χ1v) is 6.21. The Morgan fingerprint density at radius 2 is 2.20 bits per heavy atom. The highest BCUT2D eigenvalue weighted by Gasteiger charge is 2.10. The third-order valence-electron chi connectivity index (χ3n) is 3.02. The SMILES string of the molecule is Cc1nccn1CC(=O)Nc1cccc2nn(C)nc12. The molecule has 0 aliphatic heterocycles. The second kappa shape index (κ2) is 4.76. The van der Waals surface area contributed by atoms with Gasteiger partial charge in [-0.2, -0.15) is 15.0 Å². The van der Waals surface area contributed by atoms with Crippen LogP contribution in [0.4, 0.5) is 5.69 Å². The van der Waals surface area contributed by atoms with Gasteiger partial charge in [0, 0.05) is 19.4 Å². The Morgan fingerprint density at radius 1 is 1.35 bits per heavy atom.